The van der Waals surface area contributed by atoms with E-state index >= 15 is 0 Å². The largest absolute Gasteiger partial charge is 0.493 e. The summed E-state index contributed by atoms with van der Waals surface area (Å²) in [5.41, 5.74) is 2.68. The van der Waals surface area contributed by atoms with Gasteiger partial charge in [0.25, 0.3) is 0 Å². The van der Waals surface area contributed by atoms with E-state index in [1.165, 1.54) is 11.1 Å². The van der Waals surface area contributed by atoms with Crippen molar-refractivity contribution < 1.29 is 9.47 Å². The van der Waals surface area contributed by atoms with Crippen LogP contribution in [-0.4, -0.2) is 57.3 Å². The van der Waals surface area contributed by atoms with E-state index in [4.69, 9.17) is 9.47 Å². The van der Waals surface area contributed by atoms with Crippen LogP contribution in [0.4, 0.5) is 0 Å². The SMILES string of the molecule is CN=C(NCCN1CCc2cc(OC)c(OC)cc2C1)NC(C)(C)C.I. The second-order valence-electron chi connectivity index (χ2n) is 7.38. The fourth-order valence-electron chi connectivity index (χ4n) is 3.00. The van der Waals surface area contributed by atoms with Gasteiger partial charge in [0.05, 0.1) is 14.2 Å². The fraction of sp³-hybridized carbons (Fsp3) is 0.632. The molecule has 0 unspecified atom stereocenters. The number of guanidine groups is 1. The van der Waals surface area contributed by atoms with Crippen LogP contribution in [0.2, 0.25) is 0 Å². The van der Waals surface area contributed by atoms with E-state index in [1.807, 2.05) is 0 Å². The molecule has 148 valence electrons. The van der Waals surface area contributed by atoms with Crippen LogP contribution in [0.1, 0.15) is 31.9 Å². The highest BCUT2D eigenvalue weighted by Crippen LogP contribution is 2.33. The molecule has 7 heteroatoms. The third-order valence-electron chi connectivity index (χ3n) is 4.23. The quantitative estimate of drug-likeness (QED) is 0.389. The van der Waals surface area contributed by atoms with E-state index < -0.39 is 0 Å². The van der Waals surface area contributed by atoms with Crippen LogP contribution in [0, 0.1) is 0 Å². The van der Waals surface area contributed by atoms with Crippen LogP contribution < -0.4 is 20.1 Å². The summed E-state index contributed by atoms with van der Waals surface area (Å²) >= 11 is 0. The summed E-state index contributed by atoms with van der Waals surface area (Å²) in [7, 11) is 5.17. The van der Waals surface area contributed by atoms with E-state index in [-0.39, 0.29) is 29.5 Å². The lowest BCUT2D eigenvalue weighted by atomic mass is 9.99. The molecular weight excluding hydrogens is 443 g/mol. The molecule has 6 nitrogen and oxygen atoms in total. The molecular formula is C19H33IN4O2. The molecule has 0 aliphatic carbocycles. The first-order valence-corrected chi connectivity index (χ1v) is 8.81. The normalized spacial score (nSPS) is 14.9. The molecule has 1 aliphatic heterocycles. The summed E-state index contributed by atoms with van der Waals surface area (Å²) in [5.74, 6) is 2.46. The van der Waals surface area contributed by atoms with E-state index in [0.29, 0.717) is 0 Å². The smallest absolute Gasteiger partial charge is 0.191 e. The van der Waals surface area contributed by atoms with Gasteiger partial charge < -0.3 is 20.1 Å². The average Bonchev–Trinajstić information content (AvgIpc) is 2.58. The summed E-state index contributed by atoms with van der Waals surface area (Å²) in [6.45, 7) is 10.2. The van der Waals surface area contributed by atoms with Gasteiger partial charge in [0.2, 0.25) is 0 Å². The molecule has 1 aliphatic rings. The predicted molar refractivity (Wildman–Crippen MR) is 118 cm³/mol. The molecule has 2 N–H and O–H groups in total. The second kappa shape index (κ2) is 10.2. The van der Waals surface area contributed by atoms with Gasteiger partial charge in [-0.25, -0.2) is 0 Å². The van der Waals surface area contributed by atoms with E-state index in [0.717, 1.165) is 50.1 Å². The van der Waals surface area contributed by atoms with Crippen molar-refractivity contribution in [2.75, 3.05) is 40.9 Å². The Morgan fingerprint density at radius 3 is 2.31 bits per heavy atom. The zero-order valence-corrected chi connectivity index (χ0v) is 19.1. The number of ether oxygens (including phenoxy) is 2. The summed E-state index contributed by atoms with van der Waals surface area (Å²) in [4.78, 5) is 6.73. The summed E-state index contributed by atoms with van der Waals surface area (Å²) in [6.07, 6.45) is 1.03. The molecule has 0 bridgehead atoms. The first kappa shape index (κ1) is 22.8. The van der Waals surface area contributed by atoms with E-state index in [1.54, 1.807) is 21.3 Å². The third kappa shape index (κ3) is 6.50. The van der Waals surface area contributed by atoms with Crippen LogP contribution in [0.25, 0.3) is 0 Å². The van der Waals surface area contributed by atoms with Gasteiger partial charge in [-0.1, -0.05) is 0 Å². The van der Waals surface area contributed by atoms with Crippen molar-refractivity contribution in [3.63, 3.8) is 0 Å². The average molecular weight is 476 g/mol. The second-order valence-corrected chi connectivity index (χ2v) is 7.38. The van der Waals surface area contributed by atoms with Crippen molar-refractivity contribution in [2.45, 2.75) is 39.3 Å². The Kier molecular flexibility index (Phi) is 8.95. The minimum atomic E-state index is 0. The number of nitrogens with one attached hydrogen (secondary N) is 2. The molecule has 26 heavy (non-hydrogen) atoms. The van der Waals surface area contributed by atoms with Gasteiger partial charge in [-0.05, 0) is 50.5 Å². The molecule has 0 radical (unpaired) electrons. The van der Waals surface area contributed by atoms with Crippen molar-refractivity contribution in [2.24, 2.45) is 4.99 Å². The van der Waals surface area contributed by atoms with Gasteiger partial charge in [0, 0.05) is 38.8 Å². The molecule has 0 fully saturated rings. The number of fused-ring (bicyclic) bond motifs is 1. The number of hydrogen-bond donors (Lipinski definition) is 2. The Hall–Kier alpha value is -1.22. The van der Waals surface area contributed by atoms with Crippen molar-refractivity contribution in [3.05, 3.63) is 23.3 Å². The van der Waals surface area contributed by atoms with Crippen LogP contribution >= 0.6 is 24.0 Å². The molecule has 1 aromatic rings. The predicted octanol–water partition coefficient (Wildman–Crippen LogP) is 2.64. The van der Waals surface area contributed by atoms with Crippen LogP contribution in [0.15, 0.2) is 17.1 Å². The molecule has 0 aromatic heterocycles. The van der Waals surface area contributed by atoms with Crippen LogP contribution in [0.5, 0.6) is 11.5 Å². The van der Waals surface area contributed by atoms with Crippen LogP contribution in [-0.2, 0) is 13.0 Å². The zero-order chi connectivity index (χ0) is 18.4. The summed E-state index contributed by atoms with van der Waals surface area (Å²) < 4.78 is 10.8. The maximum atomic E-state index is 5.43. The number of methoxy groups -OCH3 is 2. The highest BCUT2D eigenvalue weighted by Gasteiger charge is 2.19. The van der Waals surface area contributed by atoms with Gasteiger partial charge in [-0.2, -0.15) is 0 Å². The molecule has 0 atom stereocenters. The highest BCUT2D eigenvalue weighted by molar-refractivity contribution is 14.0. The molecule has 0 amide bonds. The van der Waals surface area contributed by atoms with Crippen molar-refractivity contribution >= 4 is 29.9 Å². The summed E-state index contributed by atoms with van der Waals surface area (Å²) in [6, 6.07) is 4.21. The molecule has 2 rings (SSSR count). The molecule has 1 aromatic carbocycles. The lowest BCUT2D eigenvalue weighted by Crippen LogP contribution is -2.49. The Bertz CT molecular complexity index is 614. The third-order valence-corrected chi connectivity index (χ3v) is 4.23. The Labute approximate surface area is 174 Å². The van der Waals surface area contributed by atoms with Gasteiger partial charge in [0.1, 0.15) is 0 Å². The zero-order valence-electron chi connectivity index (χ0n) is 16.8. The number of rotatable bonds is 5. The lowest BCUT2D eigenvalue weighted by molar-refractivity contribution is 0.256. The number of hydrogen-bond acceptors (Lipinski definition) is 4. The van der Waals surface area contributed by atoms with E-state index in [9.17, 15) is 0 Å². The fourth-order valence-corrected chi connectivity index (χ4v) is 3.00. The van der Waals surface area contributed by atoms with Crippen molar-refractivity contribution in [1.82, 2.24) is 15.5 Å². The number of aliphatic imine (C=N–C) groups is 1. The molecule has 0 spiro atoms. The minimum absolute atomic E-state index is 0. The maximum absolute atomic E-state index is 5.43. The van der Waals surface area contributed by atoms with Crippen molar-refractivity contribution in [3.8, 4) is 11.5 Å². The lowest BCUT2D eigenvalue weighted by Gasteiger charge is -2.30. The Balaban J connectivity index is 0.00000338. The van der Waals surface area contributed by atoms with Gasteiger partial charge in [-0.15, -0.1) is 24.0 Å². The highest BCUT2D eigenvalue weighted by atomic mass is 127. The first-order chi connectivity index (χ1) is 11.9. The molecule has 0 saturated heterocycles. The van der Waals surface area contributed by atoms with Gasteiger partial charge in [-0.3, -0.25) is 9.89 Å². The maximum Gasteiger partial charge on any atom is 0.191 e. The van der Waals surface area contributed by atoms with Crippen LogP contribution in [0.3, 0.4) is 0 Å². The topological polar surface area (TPSA) is 58.1 Å². The van der Waals surface area contributed by atoms with E-state index in [2.05, 4.69) is 53.4 Å². The first-order valence-electron chi connectivity index (χ1n) is 8.81. The molecule has 0 saturated carbocycles. The molecule has 1 heterocycles. The standard InChI is InChI=1S/C19H32N4O2.HI/c1-19(2,3)22-18(20-4)21-8-10-23-9-7-14-11-16(24-5)17(25-6)12-15(14)13-23;/h11-12H,7-10,13H2,1-6H3,(H2,20,21,22);1H. The minimum Gasteiger partial charge on any atom is -0.493 e. The van der Waals surface area contributed by atoms with Crippen molar-refractivity contribution in [1.29, 1.82) is 0 Å². The number of halogens is 1. The van der Waals surface area contributed by atoms with Gasteiger partial charge >= 0.3 is 0 Å². The summed E-state index contributed by atoms with van der Waals surface area (Å²) in [5, 5.41) is 6.77. The monoisotopic (exact) mass is 476 g/mol. The number of nitrogens with zero attached hydrogens (tertiary/aromatic N) is 2. The Morgan fingerprint density at radius 1 is 1.15 bits per heavy atom. The number of benzene rings is 1. The van der Waals surface area contributed by atoms with Gasteiger partial charge in [0.15, 0.2) is 17.5 Å². The Morgan fingerprint density at radius 2 is 1.77 bits per heavy atom.